The molecule has 2 aromatic rings. The van der Waals surface area contributed by atoms with E-state index in [0.29, 0.717) is 12.1 Å². The standard InChI is InChI=1S/C18H23NOS/c1-11-9-17(14(4)21-11)13(3)19-12(2)15-5-6-18-16(10-15)7-8-20-18/h5-6,9-10,12-13,19H,7-8H2,1-4H3. The molecule has 0 bridgehead atoms. The summed E-state index contributed by atoms with van der Waals surface area (Å²) in [5, 5.41) is 3.72. The molecule has 112 valence electrons. The van der Waals surface area contributed by atoms with Crippen molar-refractivity contribution in [3.8, 4) is 5.75 Å². The third-order valence-corrected chi connectivity index (χ3v) is 5.24. The van der Waals surface area contributed by atoms with Crippen LogP contribution in [0.4, 0.5) is 0 Å². The van der Waals surface area contributed by atoms with Crippen molar-refractivity contribution in [2.24, 2.45) is 0 Å². The molecule has 3 heteroatoms. The minimum atomic E-state index is 0.338. The Morgan fingerprint density at radius 1 is 1.14 bits per heavy atom. The zero-order valence-corrected chi connectivity index (χ0v) is 14.0. The summed E-state index contributed by atoms with van der Waals surface area (Å²) in [6.07, 6.45) is 1.04. The maximum Gasteiger partial charge on any atom is 0.122 e. The van der Waals surface area contributed by atoms with Crippen molar-refractivity contribution in [2.45, 2.75) is 46.2 Å². The van der Waals surface area contributed by atoms with Crippen LogP contribution < -0.4 is 10.1 Å². The molecular weight excluding hydrogens is 278 g/mol. The summed E-state index contributed by atoms with van der Waals surface area (Å²) in [6, 6.07) is 9.60. The zero-order valence-electron chi connectivity index (χ0n) is 13.2. The van der Waals surface area contributed by atoms with Crippen molar-refractivity contribution in [3.63, 3.8) is 0 Å². The highest BCUT2D eigenvalue weighted by Gasteiger charge is 2.17. The Morgan fingerprint density at radius 2 is 1.95 bits per heavy atom. The number of aryl methyl sites for hydroxylation is 2. The highest BCUT2D eigenvalue weighted by molar-refractivity contribution is 7.12. The van der Waals surface area contributed by atoms with Crippen LogP contribution in [0.3, 0.4) is 0 Å². The molecule has 3 rings (SSSR count). The van der Waals surface area contributed by atoms with Gasteiger partial charge in [0.1, 0.15) is 5.75 Å². The topological polar surface area (TPSA) is 21.3 Å². The molecule has 2 unspecified atom stereocenters. The quantitative estimate of drug-likeness (QED) is 0.883. The summed E-state index contributed by atoms with van der Waals surface area (Å²) in [7, 11) is 0. The van der Waals surface area contributed by atoms with Gasteiger partial charge in [-0.1, -0.05) is 12.1 Å². The second-order valence-corrected chi connectivity index (χ2v) is 7.40. The Morgan fingerprint density at radius 3 is 2.67 bits per heavy atom. The highest BCUT2D eigenvalue weighted by atomic mass is 32.1. The summed E-state index contributed by atoms with van der Waals surface area (Å²) in [6.45, 7) is 9.70. The van der Waals surface area contributed by atoms with Gasteiger partial charge in [-0.15, -0.1) is 11.3 Å². The molecule has 0 aliphatic carbocycles. The molecule has 2 nitrogen and oxygen atoms in total. The molecule has 1 aliphatic heterocycles. The molecule has 21 heavy (non-hydrogen) atoms. The van der Waals surface area contributed by atoms with E-state index in [1.807, 2.05) is 11.3 Å². The fourth-order valence-electron chi connectivity index (χ4n) is 3.12. The number of rotatable bonds is 4. The van der Waals surface area contributed by atoms with Gasteiger partial charge in [0, 0.05) is 28.3 Å². The minimum Gasteiger partial charge on any atom is -0.493 e. The lowest BCUT2D eigenvalue weighted by molar-refractivity contribution is 0.356. The van der Waals surface area contributed by atoms with Gasteiger partial charge in [0.2, 0.25) is 0 Å². The van der Waals surface area contributed by atoms with E-state index in [4.69, 9.17) is 4.74 Å². The van der Waals surface area contributed by atoms with Crippen LogP contribution in [0.5, 0.6) is 5.75 Å². The molecule has 0 saturated heterocycles. The lowest BCUT2D eigenvalue weighted by Gasteiger charge is -2.21. The van der Waals surface area contributed by atoms with E-state index in [9.17, 15) is 0 Å². The fourth-order valence-corrected chi connectivity index (χ4v) is 4.14. The van der Waals surface area contributed by atoms with Gasteiger partial charge in [0.05, 0.1) is 6.61 Å². The van der Waals surface area contributed by atoms with Crippen LogP contribution in [0.2, 0.25) is 0 Å². The molecule has 0 saturated carbocycles. The Bertz CT molecular complexity index is 647. The summed E-state index contributed by atoms with van der Waals surface area (Å²) in [5.74, 6) is 1.06. The summed E-state index contributed by atoms with van der Waals surface area (Å²) < 4.78 is 5.58. The molecule has 2 atom stereocenters. The normalized spacial score (nSPS) is 16.4. The van der Waals surface area contributed by atoms with Crippen molar-refractivity contribution in [1.29, 1.82) is 0 Å². The van der Waals surface area contributed by atoms with Crippen LogP contribution in [-0.4, -0.2) is 6.61 Å². The summed E-state index contributed by atoms with van der Waals surface area (Å²) >= 11 is 1.88. The van der Waals surface area contributed by atoms with E-state index in [1.54, 1.807) is 0 Å². The van der Waals surface area contributed by atoms with Crippen molar-refractivity contribution in [1.82, 2.24) is 5.32 Å². The molecule has 1 aliphatic rings. The van der Waals surface area contributed by atoms with Gasteiger partial charge >= 0.3 is 0 Å². The first-order valence-corrected chi connectivity index (χ1v) is 8.45. The maximum atomic E-state index is 5.58. The van der Waals surface area contributed by atoms with Crippen LogP contribution >= 0.6 is 11.3 Å². The number of benzene rings is 1. The largest absolute Gasteiger partial charge is 0.493 e. The number of thiophene rings is 1. The van der Waals surface area contributed by atoms with Crippen LogP contribution in [0.1, 0.15) is 52.4 Å². The van der Waals surface area contributed by atoms with Gasteiger partial charge in [-0.2, -0.15) is 0 Å². The number of nitrogens with one attached hydrogen (secondary N) is 1. The molecule has 2 heterocycles. The lowest BCUT2D eigenvalue weighted by atomic mass is 10.0. The van der Waals surface area contributed by atoms with Crippen molar-refractivity contribution < 1.29 is 4.74 Å². The Kier molecular flexibility index (Phi) is 4.05. The van der Waals surface area contributed by atoms with E-state index in [2.05, 4.69) is 57.3 Å². The van der Waals surface area contributed by atoms with E-state index in [0.717, 1.165) is 18.8 Å². The predicted molar refractivity (Wildman–Crippen MR) is 89.4 cm³/mol. The Labute approximate surface area is 131 Å². The van der Waals surface area contributed by atoms with E-state index in [1.165, 1.54) is 26.4 Å². The molecular formula is C18H23NOS. The van der Waals surface area contributed by atoms with Crippen LogP contribution in [0.15, 0.2) is 24.3 Å². The first kappa shape index (κ1) is 14.6. The molecule has 1 aromatic heterocycles. The van der Waals surface area contributed by atoms with Crippen LogP contribution in [0, 0.1) is 13.8 Å². The van der Waals surface area contributed by atoms with E-state index in [-0.39, 0.29) is 0 Å². The first-order chi connectivity index (χ1) is 10.0. The summed E-state index contributed by atoms with van der Waals surface area (Å²) in [5.41, 5.74) is 4.11. The average Bonchev–Trinajstić information content (AvgIpc) is 3.03. The monoisotopic (exact) mass is 301 g/mol. The smallest absolute Gasteiger partial charge is 0.122 e. The zero-order chi connectivity index (χ0) is 15.0. The maximum absolute atomic E-state index is 5.58. The second kappa shape index (κ2) is 5.82. The Hall–Kier alpha value is -1.32. The number of ether oxygens (including phenoxy) is 1. The SMILES string of the molecule is Cc1cc(C(C)NC(C)c2ccc3c(c2)CCO3)c(C)s1. The third-order valence-electron chi connectivity index (χ3n) is 4.26. The van der Waals surface area contributed by atoms with Gasteiger partial charge in [-0.25, -0.2) is 0 Å². The first-order valence-electron chi connectivity index (χ1n) is 7.63. The predicted octanol–water partition coefficient (Wildman–Crippen LogP) is 4.71. The van der Waals surface area contributed by atoms with Gasteiger partial charge < -0.3 is 10.1 Å². The van der Waals surface area contributed by atoms with Crippen LogP contribution in [0.25, 0.3) is 0 Å². The van der Waals surface area contributed by atoms with E-state index < -0.39 is 0 Å². The van der Waals surface area contributed by atoms with Gasteiger partial charge in [-0.3, -0.25) is 0 Å². The fraction of sp³-hybridized carbons (Fsp3) is 0.444. The molecule has 1 N–H and O–H groups in total. The van der Waals surface area contributed by atoms with E-state index >= 15 is 0 Å². The van der Waals surface area contributed by atoms with Gasteiger partial charge in [0.25, 0.3) is 0 Å². The van der Waals surface area contributed by atoms with Crippen molar-refractivity contribution in [3.05, 3.63) is 50.7 Å². The third kappa shape index (κ3) is 2.99. The molecule has 0 fully saturated rings. The van der Waals surface area contributed by atoms with Gasteiger partial charge in [-0.05, 0) is 56.5 Å². The number of hydrogen-bond donors (Lipinski definition) is 1. The molecule has 0 radical (unpaired) electrons. The molecule has 1 aromatic carbocycles. The van der Waals surface area contributed by atoms with Crippen molar-refractivity contribution >= 4 is 11.3 Å². The highest BCUT2D eigenvalue weighted by Crippen LogP contribution is 2.31. The van der Waals surface area contributed by atoms with Crippen molar-refractivity contribution in [2.75, 3.05) is 6.61 Å². The van der Waals surface area contributed by atoms with Gasteiger partial charge in [0.15, 0.2) is 0 Å². The Balaban J connectivity index is 1.74. The molecule has 0 amide bonds. The molecule has 0 spiro atoms. The summed E-state index contributed by atoms with van der Waals surface area (Å²) in [4.78, 5) is 2.81. The minimum absolute atomic E-state index is 0.338. The lowest BCUT2D eigenvalue weighted by Crippen LogP contribution is -2.22. The van der Waals surface area contributed by atoms with Crippen LogP contribution in [-0.2, 0) is 6.42 Å². The number of hydrogen-bond acceptors (Lipinski definition) is 3. The average molecular weight is 301 g/mol. The number of fused-ring (bicyclic) bond motifs is 1. The second-order valence-electron chi connectivity index (χ2n) is 5.94.